The summed E-state index contributed by atoms with van der Waals surface area (Å²) in [7, 11) is 0. The molecule has 1 aromatic rings. The lowest BCUT2D eigenvalue weighted by molar-refractivity contribution is -0.139. The van der Waals surface area contributed by atoms with Crippen molar-refractivity contribution in [3.8, 4) is 0 Å². The Hall–Kier alpha value is -2.37. The highest BCUT2D eigenvalue weighted by molar-refractivity contribution is 6.09. The van der Waals surface area contributed by atoms with E-state index in [0.29, 0.717) is 19.5 Å². The first-order valence-corrected chi connectivity index (χ1v) is 9.03. The summed E-state index contributed by atoms with van der Waals surface area (Å²) in [5.41, 5.74) is 0.957. The number of carbonyl (C=O) groups is 3. The number of nitrogens with zero attached hydrogens (tertiary/aromatic N) is 2. The molecule has 2 aliphatic rings. The molecule has 1 aromatic carbocycles. The number of nitrogens with one attached hydrogen (secondary N) is 1. The molecule has 25 heavy (non-hydrogen) atoms. The van der Waals surface area contributed by atoms with E-state index in [-0.39, 0.29) is 18.4 Å². The number of hydrogen-bond donors (Lipinski definition) is 1. The Morgan fingerprint density at radius 1 is 1.28 bits per heavy atom. The van der Waals surface area contributed by atoms with Crippen LogP contribution >= 0.6 is 0 Å². The van der Waals surface area contributed by atoms with Crippen LogP contribution in [0.15, 0.2) is 24.3 Å². The predicted molar refractivity (Wildman–Crippen MR) is 93.8 cm³/mol. The fourth-order valence-corrected chi connectivity index (χ4v) is 3.78. The van der Waals surface area contributed by atoms with Gasteiger partial charge in [-0.3, -0.25) is 14.5 Å². The molecule has 6 heteroatoms. The van der Waals surface area contributed by atoms with Crippen LogP contribution < -0.4 is 5.32 Å². The zero-order valence-electron chi connectivity index (χ0n) is 14.9. The van der Waals surface area contributed by atoms with Gasteiger partial charge in [0.05, 0.1) is 0 Å². The Bertz CT molecular complexity index is 703. The largest absolute Gasteiger partial charge is 0.341 e. The normalized spacial score (nSPS) is 21.6. The smallest absolute Gasteiger partial charge is 0.325 e. The van der Waals surface area contributed by atoms with Gasteiger partial charge in [0.2, 0.25) is 5.91 Å². The maximum Gasteiger partial charge on any atom is 0.325 e. The highest BCUT2D eigenvalue weighted by Gasteiger charge is 2.55. The van der Waals surface area contributed by atoms with Crippen molar-refractivity contribution in [3.05, 3.63) is 35.4 Å². The van der Waals surface area contributed by atoms with Crippen molar-refractivity contribution in [2.24, 2.45) is 0 Å². The van der Waals surface area contributed by atoms with Crippen molar-refractivity contribution in [1.29, 1.82) is 0 Å². The van der Waals surface area contributed by atoms with Gasteiger partial charge in [-0.05, 0) is 37.3 Å². The molecule has 0 radical (unpaired) electrons. The lowest BCUT2D eigenvalue weighted by Crippen LogP contribution is -2.45. The number of aryl methyl sites for hydroxylation is 1. The van der Waals surface area contributed by atoms with Gasteiger partial charge in [0.1, 0.15) is 12.1 Å². The number of fused-ring (bicyclic) bond motifs is 2. The van der Waals surface area contributed by atoms with E-state index in [0.717, 1.165) is 35.3 Å². The number of carbonyl (C=O) groups excluding carboxylic acids is 3. The SMILES string of the molecule is CCCCN(CC)C(=O)CN1C(=O)NC2(CCc3ccccc32)C1=O. The average molecular weight is 343 g/mol. The first-order chi connectivity index (χ1) is 12.0. The van der Waals surface area contributed by atoms with Crippen LogP contribution in [0.4, 0.5) is 4.79 Å². The van der Waals surface area contributed by atoms with Gasteiger partial charge in [0.15, 0.2) is 0 Å². The summed E-state index contributed by atoms with van der Waals surface area (Å²) in [6, 6.07) is 7.23. The average Bonchev–Trinajstić information content (AvgIpc) is 3.10. The van der Waals surface area contributed by atoms with Crippen molar-refractivity contribution in [3.63, 3.8) is 0 Å². The predicted octanol–water partition coefficient (Wildman–Crippen LogP) is 2.03. The second-order valence-corrected chi connectivity index (χ2v) is 6.71. The third-order valence-electron chi connectivity index (χ3n) is 5.23. The summed E-state index contributed by atoms with van der Waals surface area (Å²) < 4.78 is 0. The zero-order chi connectivity index (χ0) is 18.0. The number of amides is 4. The Balaban J connectivity index is 1.78. The summed E-state index contributed by atoms with van der Waals surface area (Å²) in [6.45, 7) is 5.03. The van der Waals surface area contributed by atoms with Crippen LogP contribution in [-0.2, 0) is 21.5 Å². The minimum absolute atomic E-state index is 0.178. The van der Waals surface area contributed by atoms with Crippen LogP contribution in [0.25, 0.3) is 0 Å². The number of urea groups is 1. The third kappa shape index (κ3) is 2.90. The van der Waals surface area contributed by atoms with Gasteiger partial charge in [0, 0.05) is 13.1 Å². The van der Waals surface area contributed by atoms with E-state index in [4.69, 9.17) is 0 Å². The fourth-order valence-electron chi connectivity index (χ4n) is 3.78. The van der Waals surface area contributed by atoms with Gasteiger partial charge in [-0.15, -0.1) is 0 Å². The van der Waals surface area contributed by atoms with Gasteiger partial charge in [0.25, 0.3) is 5.91 Å². The van der Waals surface area contributed by atoms with Gasteiger partial charge in [-0.25, -0.2) is 4.79 Å². The molecule has 6 nitrogen and oxygen atoms in total. The lowest BCUT2D eigenvalue weighted by atomic mass is 9.92. The minimum atomic E-state index is -0.992. The number of rotatable bonds is 6. The quantitative estimate of drug-likeness (QED) is 0.804. The third-order valence-corrected chi connectivity index (χ3v) is 5.23. The topological polar surface area (TPSA) is 69.7 Å². The van der Waals surface area contributed by atoms with E-state index in [1.165, 1.54) is 0 Å². The molecular weight excluding hydrogens is 318 g/mol. The van der Waals surface area contributed by atoms with Gasteiger partial charge < -0.3 is 10.2 Å². The molecule has 1 N–H and O–H groups in total. The van der Waals surface area contributed by atoms with Gasteiger partial charge >= 0.3 is 6.03 Å². The van der Waals surface area contributed by atoms with E-state index in [1.807, 2.05) is 31.2 Å². The van der Waals surface area contributed by atoms with Crippen LogP contribution in [0, 0.1) is 0 Å². The summed E-state index contributed by atoms with van der Waals surface area (Å²) in [5.74, 6) is -0.481. The molecule has 1 spiro atoms. The van der Waals surface area contributed by atoms with E-state index >= 15 is 0 Å². The standard InChI is InChI=1S/C19H25N3O3/c1-3-5-12-21(4-2)16(23)13-22-17(24)19(20-18(22)25)11-10-14-8-6-7-9-15(14)19/h6-9H,3-5,10-13H2,1-2H3,(H,20,25). The van der Waals surface area contributed by atoms with Gasteiger partial charge in [-0.1, -0.05) is 37.6 Å². The van der Waals surface area contributed by atoms with Crippen LogP contribution in [0.3, 0.4) is 0 Å². The van der Waals surface area contributed by atoms with E-state index in [1.54, 1.807) is 4.90 Å². The molecule has 1 fully saturated rings. The number of unbranched alkanes of at least 4 members (excludes halogenated alkanes) is 1. The molecule has 1 heterocycles. The highest BCUT2D eigenvalue weighted by Crippen LogP contribution is 2.41. The van der Waals surface area contributed by atoms with Crippen LogP contribution in [0.5, 0.6) is 0 Å². The molecule has 1 atom stereocenters. The number of benzene rings is 1. The molecule has 1 aliphatic carbocycles. The Morgan fingerprint density at radius 2 is 2.04 bits per heavy atom. The van der Waals surface area contributed by atoms with E-state index in [2.05, 4.69) is 12.2 Å². The summed E-state index contributed by atoms with van der Waals surface area (Å²) in [6.07, 6.45) is 3.21. The molecule has 0 aromatic heterocycles. The van der Waals surface area contributed by atoms with Crippen LogP contribution in [0.2, 0.25) is 0 Å². The zero-order valence-corrected chi connectivity index (χ0v) is 14.9. The maximum absolute atomic E-state index is 13.0. The first kappa shape index (κ1) is 17.5. The van der Waals surface area contributed by atoms with Crippen molar-refractivity contribution < 1.29 is 14.4 Å². The van der Waals surface area contributed by atoms with Crippen molar-refractivity contribution >= 4 is 17.8 Å². The minimum Gasteiger partial charge on any atom is -0.341 e. The van der Waals surface area contributed by atoms with Crippen LogP contribution in [0.1, 0.15) is 44.2 Å². The molecule has 1 aliphatic heterocycles. The van der Waals surface area contributed by atoms with Crippen molar-refractivity contribution in [2.45, 2.75) is 45.1 Å². The fraction of sp³-hybridized carbons (Fsp3) is 0.526. The molecule has 134 valence electrons. The van der Waals surface area contributed by atoms with Crippen molar-refractivity contribution in [2.75, 3.05) is 19.6 Å². The molecule has 1 saturated heterocycles. The number of likely N-dealkylation sites (N-methyl/N-ethyl adjacent to an activating group) is 1. The Kier molecular flexibility index (Phi) is 4.79. The lowest BCUT2D eigenvalue weighted by Gasteiger charge is -2.24. The summed E-state index contributed by atoms with van der Waals surface area (Å²) >= 11 is 0. The molecule has 0 saturated carbocycles. The van der Waals surface area contributed by atoms with E-state index in [9.17, 15) is 14.4 Å². The first-order valence-electron chi connectivity index (χ1n) is 9.03. The van der Waals surface area contributed by atoms with Crippen LogP contribution in [-0.4, -0.2) is 47.3 Å². The number of imide groups is 1. The monoisotopic (exact) mass is 343 g/mol. The summed E-state index contributed by atoms with van der Waals surface area (Å²) in [4.78, 5) is 40.8. The van der Waals surface area contributed by atoms with Gasteiger partial charge in [-0.2, -0.15) is 0 Å². The molecule has 1 unspecified atom stereocenters. The molecule has 3 rings (SSSR count). The second kappa shape index (κ2) is 6.86. The van der Waals surface area contributed by atoms with E-state index < -0.39 is 11.6 Å². The Morgan fingerprint density at radius 3 is 2.76 bits per heavy atom. The maximum atomic E-state index is 13.0. The molecular formula is C19H25N3O3. The highest BCUT2D eigenvalue weighted by atomic mass is 16.2. The number of hydrogen-bond acceptors (Lipinski definition) is 3. The molecule has 0 bridgehead atoms. The summed E-state index contributed by atoms with van der Waals surface area (Å²) in [5, 5.41) is 2.86. The Labute approximate surface area is 148 Å². The second-order valence-electron chi connectivity index (χ2n) is 6.71. The molecule has 4 amide bonds. The van der Waals surface area contributed by atoms with Crippen molar-refractivity contribution in [1.82, 2.24) is 15.1 Å².